The summed E-state index contributed by atoms with van der Waals surface area (Å²) in [6.07, 6.45) is 2.09. The first-order valence-corrected chi connectivity index (χ1v) is 5.91. The minimum atomic E-state index is -0.403. The third kappa shape index (κ3) is 2.67. The fourth-order valence-electron chi connectivity index (χ4n) is 2.07. The highest BCUT2D eigenvalue weighted by Gasteiger charge is 2.26. The van der Waals surface area contributed by atoms with Crippen molar-refractivity contribution in [2.45, 2.75) is 19.9 Å². The zero-order valence-electron chi connectivity index (χ0n) is 10.5. The van der Waals surface area contributed by atoms with Crippen LogP contribution < -0.4 is 0 Å². The predicted octanol–water partition coefficient (Wildman–Crippen LogP) is 1.24. The number of pyridine rings is 1. The zero-order valence-corrected chi connectivity index (χ0v) is 10.5. The number of nitrogens with zero attached hydrogens (tertiary/aromatic N) is 2. The molecule has 1 aromatic rings. The number of likely N-dealkylation sites (tertiary alicyclic amines) is 1. The van der Waals surface area contributed by atoms with Crippen LogP contribution in [-0.4, -0.2) is 35.4 Å². The number of esters is 1. The van der Waals surface area contributed by atoms with Gasteiger partial charge in [0.15, 0.2) is 0 Å². The molecule has 1 amide bonds. The van der Waals surface area contributed by atoms with Gasteiger partial charge in [-0.1, -0.05) is 6.92 Å². The summed E-state index contributed by atoms with van der Waals surface area (Å²) in [4.78, 5) is 28.8. The molecule has 1 atom stereocenters. The lowest BCUT2D eigenvalue weighted by atomic mass is 10.2. The van der Waals surface area contributed by atoms with Crippen molar-refractivity contribution in [1.29, 1.82) is 0 Å². The Hall–Kier alpha value is -1.91. The normalized spacial score (nSPS) is 19.1. The van der Waals surface area contributed by atoms with Crippen LogP contribution in [0.5, 0.6) is 0 Å². The molecule has 1 saturated heterocycles. The first-order valence-electron chi connectivity index (χ1n) is 5.91. The van der Waals surface area contributed by atoms with E-state index in [0.717, 1.165) is 12.2 Å². The second-order valence-electron chi connectivity index (χ2n) is 4.61. The van der Waals surface area contributed by atoms with E-state index in [1.807, 2.05) is 0 Å². The lowest BCUT2D eigenvalue weighted by Gasteiger charge is -2.15. The molecule has 1 unspecified atom stereocenters. The highest BCUT2D eigenvalue weighted by molar-refractivity contribution is 5.88. The molecule has 2 rings (SSSR count). The maximum atomic E-state index is 11.6. The number of rotatable bonds is 3. The molecule has 0 radical (unpaired) electrons. The number of hydrogen-bond donors (Lipinski definition) is 0. The van der Waals surface area contributed by atoms with Crippen molar-refractivity contribution >= 4 is 11.9 Å². The van der Waals surface area contributed by atoms with E-state index >= 15 is 0 Å². The van der Waals surface area contributed by atoms with Gasteiger partial charge in [0.2, 0.25) is 5.91 Å². The van der Waals surface area contributed by atoms with Crippen LogP contribution in [0.15, 0.2) is 18.3 Å². The van der Waals surface area contributed by atoms with E-state index in [1.54, 1.807) is 17.0 Å². The maximum absolute atomic E-state index is 11.6. The molecular weight excluding hydrogens is 232 g/mol. The Morgan fingerprint density at radius 3 is 2.83 bits per heavy atom. The van der Waals surface area contributed by atoms with Gasteiger partial charge in [0.25, 0.3) is 0 Å². The van der Waals surface area contributed by atoms with Crippen LogP contribution in [0, 0.1) is 5.92 Å². The quantitative estimate of drug-likeness (QED) is 0.755. The van der Waals surface area contributed by atoms with Crippen molar-refractivity contribution in [2.75, 3.05) is 13.7 Å². The lowest BCUT2D eigenvalue weighted by Crippen LogP contribution is -2.24. The minimum absolute atomic E-state index is 0.168. The number of amides is 1. The van der Waals surface area contributed by atoms with Gasteiger partial charge in [-0.2, -0.15) is 0 Å². The average Bonchev–Trinajstić information content (AvgIpc) is 2.68. The van der Waals surface area contributed by atoms with Crippen LogP contribution >= 0.6 is 0 Å². The molecule has 2 heterocycles. The van der Waals surface area contributed by atoms with Crippen LogP contribution in [0.2, 0.25) is 0 Å². The van der Waals surface area contributed by atoms with Crippen LogP contribution in [-0.2, 0) is 16.1 Å². The van der Waals surface area contributed by atoms with Crippen LogP contribution in [0.25, 0.3) is 0 Å². The van der Waals surface area contributed by atoms with Crippen molar-refractivity contribution in [3.63, 3.8) is 0 Å². The highest BCUT2D eigenvalue weighted by Crippen LogP contribution is 2.18. The Kier molecular flexibility index (Phi) is 3.60. The fourth-order valence-corrected chi connectivity index (χ4v) is 2.07. The molecule has 18 heavy (non-hydrogen) atoms. The second-order valence-corrected chi connectivity index (χ2v) is 4.61. The Bertz CT molecular complexity index is 456. The summed E-state index contributed by atoms with van der Waals surface area (Å²) in [7, 11) is 1.33. The van der Waals surface area contributed by atoms with Crippen LogP contribution in [0.3, 0.4) is 0 Å². The number of carbonyl (C=O) groups is 2. The zero-order chi connectivity index (χ0) is 13.1. The van der Waals surface area contributed by atoms with E-state index in [0.29, 0.717) is 24.4 Å². The second kappa shape index (κ2) is 5.16. The summed E-state index contributed by atoms with van der Waals surface area (Å²) in [6, 6.07) is 3.42. The molecule has 96 valence electrons. The summed E-state index contributed by atoms with van der Waals surface area (Å²) in [5.41, 5.74) is 1.20. The number of hydrogen-bond acceptors (Lipinski definition) is 4. The number of carbonyl (C=O) groups excluding carboxylic acids is 2. The van der Waals surface area contributed by atoms with Gasteiger partial charge < -0.3 is 9.64 Å². The molecule has 5 nitrogen and oxygen atoms in total. The molecule has 5 heteroatoms. The standard InChI is InChI=1S/C13H16N2O3/c1-9-5-12(16)15(7-9)8-11-4-3-10(6-14-11)13(17)18-2/h3-4,6,9H,5,7-8H2,1-2H3. The summed E-state index contributed by atoms with van der Waals surface area (Å²) in [5.74, 6) is 0.174. The molecule has 0 bridgehead atoms. The topological polar surface area (TPSA) is 59.5 Å². The van der Waals surface area contributed by atoms with Gasteiger partial charge in [0.05, 0.1) is 24.9 Å². The summed E-state index contributed by atoms with van der Waals surface area (Å²) < 4.78 is 4.60. The van der Waals surface area contributed by atoms with Crippen molar-refractivity contribution in [2.24, 2.45) is 5.92 Å². The smallest absolute Gasteiger partial charge is 0.339 e. The van der Waals surface area contributed by atoms with E-state index in [9.17, 15) is 9.59 Å². The number of aromatic nitrogens is 1. The lowest BCUT2D eigenvalue weighted by molar-refractivity contribution is -0.128. The number of methoxy groups -OCH3 is 1. The van der Waals surface area contributed by atoms with Crippen molar-refractivity contribution in [1.82, 2.24) is 9.88 Å². The Balaban J connectivity index is 2.02. The average molecular weight is 248 g/mol. The Labute approximate surface area is 106 Å². The van der Waals surface area contributed by atoms with Gasteiger partial charge in [0, 0.05) is 19.2 Å². The summed E-state index contributed by atoms with van der Waals surface area (Å²) >= 11 is 0. The van der Waals surface area contributed by atoms with Gasteiger partial charge in [-0.15, -0.1) is 0 Å². The van der Waals surface area contributed by atoms with Crippen molar-refractivity contribution in [3.05, 3.63) is 29.6 Å². The third-order valence-electron chi connectivity index (χ3n) is 3.01. The SMILES string of the molecule is COC(=O)c1ccc(CN2CC(C)CC2=O)nc1. The molecule has 0 saturated carbocycles. The highest BCUT2D eigenvalue weighted by atomic mass is 16.5. The van der Waals surface area contributed by atoms with E-state index in [-0.39, 0.29) is 5.91 Å². The molecule has 1 aliphatic heterocycles. The monoisotopic (exact) mass is 248 g/mol. The predicted molar refractivity (Wildman–Crippen MR) is 64.8 cm³/mol. The fraction of sp³-hybridized carbons (Fsp3) is 0.462. The van der Waals surface area contributed by atoms with Gasteiger partial charge in [-0.3, -0.25) is 9.78 Å². The Morgan fingerprint density at radius 2 is 2.33 bits per heavy atom. The molecule has 1 aliphatic rings. The first kappa shape index (κ1) is 12.5. The summed E-state index contributed by atoms with van der Waals surface area (Å²) in [5, 5.41) is 0. The molecule has 0 spiro atoms. The maximum Gasteiger partial charge on any atom is 0.339 e. The van der Waals surface area contributed by atoms with E-state index in [2.05, 4.69) is 16.6 Å². The van der Waals surface area contributed by atoms with Gasteiger partial charge in [-0.05, 0) is 18.1 Å². The third-order valence-corrected chi connectivity index (χ3v) is 3.01. The molecule has 1 aromatic heterocycles. The van der Waals surface area contributed by atoms with E-state index < -0.39 is 5.97 Å². The van der Waals surface area contributed by atoms with Crippen LogP contribution in [0.1, 0.15) is 29.4 Å². The van der Waals surface area contributed by atoms with Crippen LogP contribution in [0.4, 0.5) is 0 Å². The number of ether oxygens (including phenoxy) is 1. The van der Waals surface area contributed by atoms with Gasteiger partial charge >= 0.3 is 5.97 Å². The van der Waals surface area contributed by atoms with Crippen molar-refractivity contribution in [3.8, 4) is 0 Å². The molecule has 0 aromatic carbocycles. The molecular formula is C13H16N2O3. The van der Waals surface area contributed by atoms with Gasteiger partial charge in [-0.25, -0.2) is 4.79 Å². The molecule has 0 N–H and O–H groups in total. The Morgan fingerprint density at radius 1 is 1.56 bits per heavy atom. The largest absolute Gasteiger partial charge is 0.465 e. The first-order chi connectivity index (χ1) is 8.60. The van der Waals surface area contributed by atoms with Gasteiger partial charge in [0.1, 0.15) is 0 Å². The minimum Gasteiger partial charge on any atom is -0.465 e. The summed E-state index contributed by atoms with van der Waals surface area (Å²) in [6.45, 7) is 3.34. The van der Waals surface area contributed by atoms with E-state index in [1.165, 1.54) is 13.3 Å². The van der Waals surface area contributed by atoms with E-state index in [4.69, 9.17) is 0 Å². The molecule has 1 fully saturated rings. The molecule has 0 aliphatic carbocycles. The van der Waals surface area contributed by atoms with Crippen molar-refractivity contribution < 1.29 is 14.3 Å².